The van der Waals surface area contributed by atoms with Crippen molar-refractivity contribution in [2.45, 2.75) is 6.54 Å². The predicted molar refractivity (Wildman–Crippen MR) is 171 cm³/mol. The molecule has 0 saturated carbocycles. The highest BCUT2D eigenvalue weighted by Crippen LogP contribution is 2.28. The summed E-state index contributed by atoms with van der Waals surface area (Å²) < 4.78 is 11.2. The van der Waals surface area contributed by atoms with Gasteiger partial charge in [0.05, 0.1) is 9.85 Å². The number of hydrogen-bond donors (Lipinski definition) is 0. The number of non-ortho nitro benzene ring substituents is 2. The fourth-order valence-electron chi connectivity index (χ4n) is 4.45. The summed E-state index contributed by atoms with van der Waals surface area (Å²) in [5.41, 5.74) is 4.52. The van der Waals surface area contributed by atoms with Crippen LogP contribution in [0.1, 0.15) is 5.56 Å². The Morgan fingerprint density at radius 3 is 1.67 bits per heavy atom. The minimum atomic E-state index is -0.461. The number of nitro benzene ring substituents is 2. The lowest BCUT2D eigenvalue weighted by atomic mass is 10.2. The third-order valence-corrected chi connectivity index (χ3v) is 6.98. The second kappa shape index (κ2) is 12.8. The summed E-state index contributed by atoms with van der Waals surface area (Å²) in [6.45, 7) is 0.725. The van der Waals surface area contributed by atoms with Gasteiger partial charge in [0.15, 0.2) is 0 Å². The van der Waals surface area contributed by atoms with Crippen molar-refractivity contribution in [2.24, 2.45) is 0 Å². The Bertz CT molecular complexity index is 2170. The van der Waals surface area contributed by atoms with Crippen LogP contribution in [0.3, 0.4) is 0 Å². The molecular weight excluding hydrogens is 614 g/mol. The molecular formula is C32H22ClN7O6. The van der Waals surface area contributed by atoms with Gasteiger partial charge in [0, 0.05) is 49.0 Å². The van der Waals surface area contributed by atoms with Crippen molar-refractivity contribution in [2.75, 3.05) is 11.9 Å². The predicted octanol–water partition coefficient (Wildman–Crippen LogP) is 7.89. The van der Waals surface area contributed by atoms with Crippen LogP contribution in [0.5, 0.6) is 0 Å². The Kier molecular flexibility index (Phi) is 8.30. The van der Waals surface area contributed by atoms with Gasteiger partial charge in [-0.2, -0.15) is 9.97 Å². The molecule has 13 nitrogen and oxygen atoms in total. The summed E-state index contributed by atoms with van der Waals surface area (Å²) in [6.07, 6.45) is 0. The molecule has 7 aromatic rings. The summed E-state index contributed by atoms with van der Waals surface area (Å²) in [6, 6.07) is 29.2. The lowest BCUT2D eigenvalue weighted by Crippen LogP contribution is -2.17. The average Bonchev–Trinajstić information content (AvgIpc) is 3.69. The molecule has 0 amide bonds. The zero-order valence-corrected chi connectivity index (χ0v) is 24.7. The third kappa shape index (κ3) is 6.64. The fourth-order valence-corrected chi connectivity index (χ4v) is 4.59. The van der Waals surface area contributed by atoms with E-state index in [1.807, 2.05) is 42.3 Å². The van der Waals surface area contributed by atoms with Crippen molar-refractivity contribution < 1.29 is 18.7 Å². The number of fused-ring (bicyclic) bond motifs is 2. The maximum absolute atomic E-state index is 10.8. The van der Waals surface area contributed by atoms with Gasteiger partial charge in [0.1, 0.15) is 22.0 Å². The molecule has 0 atom stereocenters. The van der Waals surface area contributed by atoms with E-state index in [0.717, 1.165) is 12.4 Å². The lowest BCUT2D eigenvalue weighted by molar-refractivity contribution is -0.385. The zero-order valence-electron chi connectivity index (χ0n) is 24.0. The maximum atomic E-state index is 10.8. The van der Waals surface area contributed by atoms with Crippen LogP contribution in [0.4, 0.5) is 17.2 Å². The first-order valence-electron chi connectivity index (χ1n) is 13.7. The molecule has 46 heavy (non-hydrogen) atoms. The highest BCUT2D eigenvalue weighted by Gasteiger charge is 2.14. The zero-order chi connectivity index (χ0) is 32.2. The van der Waals surface area contributed by atoms with E-state index in [1.54, 1.807) is 36.4 Å². The Morgan fingerprint density at radius 1 is 0.652 bits per heavy atom. The molecule has 228 valence electrons. The van der Waals surface area contributed by atoms with Crippen molar-refractivity contribution in [3.8, 4) is 22.9 Å². The van der Waals surface area contributed by atoms with Gasteiger partial charge in [-0.25, -0.2) is 9.97 Å². The van der Waals surface area contributed by atoms with Crippen molar-refractivity contribution in [3.05, 3.63) is 134 Å². The number of rotatable bonds is 7. The molecule has 0 saturated heterocycles. The Hall–Kier alpha value is -6.21. The van der Waals surface area contributed by atoms with Crippen LogP contribution in [-0.4, -0.2) is 36.8 Å². The number of pyridine rings is 2. The molecule has 0 unspecified atom stereocenters. The van der Waals surface area contributed by atoms with E-state index >= 15 is 0 Å². The van der Waals surface area contributed by atoms with Gasteiger partial charge >= 0.3 is 0 Å². The summed E-state index contributed by atoms with van der Waals surface area (Å²) in [4.78, 5) is 39.7. The van der Waals surface area contributed by atoms with Gasteiger partial charge in [-0.3, -0.25) is 20.2 Å². The lowest BCUT2D eigenvalue weighted by Gasteiger charge is -2.17. The second-order valence-corrected chi connectivity index (χ2v) is 10.3. The first-order chi connectivity index (χ1) is 22.2. The number of nitro groups is 2. The van der Waals surface area contributed by atoms with E-state index in [9.17, 15) is 20.2 Å². The van der Waals surface area contributed by atoms with Crippen LogP contribution < -0.4 is 4.90 Å². The van der Waals surface area contributed by atoms with E-state index in [-0.39, 0.29) is 11.4 Å². The molecule has 0 N–H and O–H groups in total. The molecule has 14 heteroatoms. The first-order valence-corrected chi connectivity index (χ1v) is 14.1. The van der Waals surface area contributed by atoms with E-state index in [2.05, 4.69) is 32.1 Å². The third-order valence-electron chi connectivity index (χ3n) is 6.77. The van der Waals surface area contributed by atoms with Crippen LogP contribution in [-0.2, 0) is 6.54 Å². The molecule has 0 fully saturated rings. The van der Waals surface area contributed by atoms with Crippen molar-refractivity contribution in [1.82, 2.24) is 19.9 Å². The Morgan fingerprint density at radius 2 is 1.15 bits per heavy atom. The summed E-state index contributed by atoms with van der Waals surface area (Å²) >= 11 is 5.76. The SMILES string of the molecule is CN(Cc1ccccc1)c1ccc2nc(-c3ccc([N+](=O)[O-])cc3)oc2n1.O=[N+]([O-])c1ccc(-c2nc3ccc(Cl)nc3o2)cc1. The molecule has 4 aromatic heterocycles. The first kappa shape index (κ1) is 29.8. The van der Waals surface area contributed by atoms with Crippen LogP contribution in [0.15, 0.2) is 112 Å². The number of aromatic nitrogens is 4. The highest BCUT2D eigenvalue weighted by atomic mass is 35.5. The van der Waals surface area contributed by atoms with Gasteiger partial charge in [-0.1, -0.05) is 41.9 Å². The van der Waals surface area contributed by atoms with Gasteiger partial charge < -0.3 is 13.7 Å². The quantitative estimate of drug-likeness (QED) is 0.0948. The number of anilines is 1. The standard InChI is InChI=1S/C20H16N4O3.C12H6ClN3O3/c1-23(13-14-5-3-2-4-6-14)18-12-11-17-20(22-18)27-19(21-17)15-7-9-16(10-8-15)24(25)26;13-10-6-5-9-12(15-10)19-11(14-9)7-1-3-8(4-2-7)16(17)18/h2-12H,13H2,1H3;1-6H. The molecule has 0 aliphatic rings. The molecule has 0 aliphatic carbocycles. The van der Waals surface area contributed by atoms with Crippen molar-refractivity contribution >= 4 is 51.3 Å². The van der Waals surface area contributed by atoms with E-state index in [4.69, 9.17) is 20.4 Å². The molecule has 0 spiro atoms. The number of oxazole rings is 2. The van der Waals surface area contributed by atoms with Crippen LogP contribution >= 0.6 is 11.6 Å². The summed E-state index contributed by atoms with van der Waals surface area (Å²) in [5, 5.41) is 21.7. The van der Waals surface area contributed by atoms with Gasteiger partial charge in [0.2, 0.25) is 23.2 Å². The average molecular weight is 636 g/mol. The normalized spacial score (nSPS) is 10.8. The van der Waals surface area contributed by atoms with Crippen LogP contribution in [0.25, 0.3) is 45.4 Å². The van der Waals surface area contributed by atoms with Gasteiger partial charge in [-0.05, 0) is 54.1 Å². The second-order valence-electron chi connectivity index (χ2n) is 9.94. The Labute approximate surface area is 265 Å². The van der Waals surface area contributed by atoms with E-state index in [0.29, 0.717) is 50.5 Å². The monoisotopic (exact) mass is 635 g/mol. The summed E-state index contributed by atoms with van der Waals surface area (Å²) in [5.74, 6) is 1.51. The molecule has 4 heterocycles. The minimum Gasteiger partial charge on any atom is -0.418 e. The smallest absolute Gasteiger partial charge is 0.269 e. The maximum Gasteiger partial charge on any atom is 0.269 e. The van der Waals surface area contributed by atoms with Gasteiger partial charge in [0.25, 0.3) is 11.4 Å². The highest BCUT2D eigenvalue weighted by molar-refractivity contribution is 6.29. The summed E-state index contributed by atoms with van der Waals surface area (Å²) in [7, 11) is 1.97. The Balaban J connectivity index is 0.000000172. The van der Waals surface area contributed by atoms with Crippen molar-refractivity contribution in [3.63, 3.8) is 0 Å². The molecule has 7 rings (SSSR count). The molecule has 0 radical (unpaired) electrons. The molecule has 0 aliphatic heterocycles. The number of hydrogen-bond acceptors (Lipinski definition) is 11. The minimum absolute atomic E-state index is 0.0148. The number of benzene rings is 3. The van der Waals surface area contributed by atoms with Crippen LogP contribution in [0, 0.1) is 20.2 Å². The number of halogens is 1. The largest absolute Gasteiger partial charge is 0.418 e. The van der Waals surface area contributed by atoms with E-state index < -0.39 is 9.85 Å². The van der Waals surface area contributed by atoms with Gasteiger partial charge in [-0.15, -0.1) is 0 Å². The van der Waals surface area contributed by atoms with E-state index in [1.165, 1.54) is 29.8 Å². The van der Waals surface area contributed by atoms with Crippen molar-refractivity contribution in [1.29, 1.82) is 0 Å². The van der Waals surface area contributed by atoms with Crippen LogP contribution in [0.2, 0.25) is 5.15 Å². The molecule has 3 aromatic carbocycles. The molecule has 0 bridgehead atoms. The topological polar surface area (TPSA) is 167 Å². The fraction of sp³-hybridized carbons (Fsp3) is 0.0625. The number of nitrogens with zero attached hydrogens (tertiary/aromatic N) is 7.